The van der Waals surface area contributed by atoms with E-state index >= 15 is 0 Å². The van der Waals surface area contributed by atoms with E-state index in [4.69, 9.17) is 4.74 Å². The minimum absolute atomic E-state index is 0.145. The average molecular weight is 199 g/mol. The molecule has 0 radical (unpaired) electrons. The zero-order chi connectivity index (χ0) is 10.4. The van der Waals surface area contributed by atoms with Crippen molar-refractivity contribution in [3.05, 3.63) is 0 Å². The number of rotatable bonds is 6. The Kier molecular flexibility index (Phi) is 4.94. The lowest BCUT2D eigenvalue weighted by atomic mass is 10.3. The van der Waals surface area contributed by atoms with Crippen LogP contribution in [0.3, 0.4) is 0 Å². The number of hydrogen-bond donors (Lipinski definition) is 0. The molecule has 0 aromatic heterocycles. The Morgan fingerprint density at radius 3 is 2.86 bits per heavy atom. The monoisotopic (exact) mass is 199 g/mol. The van der Waals surface area contributed by atoms with Crippen molar-refractivity contribution in [2.24, 2.45) is 0 Å². The maximum absolute atomic E-state index is 11.7. The van der Waals surface area contributed by atoms with Gasteiger partial charge in [-0.1, -0.05) is 20.3 Å². The summed E-state index contributed by atoms with van der Waals surface area (Å²) in [4.78, 5) is 13.6. The fourth-order valence-corrected chi connectivity index (χ4v) is 1.73. The van der Waals surface area contributed by atoms with Crippen molar-refractivity contribution in [1.82, 2.24) is 4.90 Å². The van der Waals surface area contributed by atoms with Crippen LogP contribution in [0, 0.1) is 0 Å². The molecule has 1 amide bonds. The third-order valence-electron chi connectivity index (χ3n) is 2.56. The van der Waals surface area contributed by atoms with E-state index in [2.05, 4.69) is 13.8 Å². The molecule has 0 aliphatic carbocycles. The van der Waals surface area contributed by atoms with Crippen LogP contribution < -0.4 is 0 Å². The normalized spacial score (nSPS) is 22.0. The zero-order valence-corrected chi connectivity index (χ0v) is 9.29. The fourth-order valence-electron chi connectivity index (χ4n) is 1.73. The second-order valence-corrected chi connectivity index (χ2v) is 3.83. The SMILES string of the molecule is CCCCOC1CCN(CCC)C1=O. The lowest BCUT2D eigenvalue weighted by Gasteiger charge is -2.15. The Morgan fingerprint density at radius 2 is 2.21 bits per heavy atom. The highest BCUT2D eigenvalue weighted by Crippen LogP contribution is 2.15. The van der Waals surface area contributed by atoms with Gasteiger partial charge in [-0.2, -0.15) is 0 Å². The van der Waals surface area contributed by atoms with Crippen LogP contribution in [0.15, 0.2) is 0 Å². The first-order chi connectivity index (χ1) is 6.79. The standard InChI is InChI=1S/C11H21NO2/c1-3-5-9-14-10-6-8-12(7-4-2)11(10)13/h10H,3-9H2,1-2H3. The molecule has 1 aliphatic heterocycles. The smallest absolute Gasteiger partial charge is 0.251 e. The number of carbonyl (C=O) groups is 1. The quantitative estimate of drug-likeness (QED) is 0.611. The van der Waals surface area contributed by atoms with Gasteiger partial charge in [0.2, 0.25) is 0 Å². The summed E-state index contributed by atoms with van der Waals surface area (Å²) in [5.74, 6) is 0.197. The molecule has 0 saturated carbocycles. The van der Waals surface area contributed by atoms with E-state index in [0.717, 1.165) is 45.4 Å². The van der Waals surface area contributed by atoms with Crippen molar-refractivity contribution in [2.75, 3.05) is 19.7 Å². The van der Waals surface area contributed by atoms with Crippen LogP contribution in [0.1, 0.15) is 39.5 Å². The molecule has 0 N–H and O–H groups in total. The number of likely N-dealkylation sites (tertiary alicyclic amines) is 1. The summed E-state index contributed by atoms with van der Waals surface area (Å²) in [6.45, 7) is 6.71. The molecule has 1 fully saturated rings. The van der Waals surface area contributed by atoms with Crippen molar-refractivity contribution >= 4 is 5.91 Å². The van der Waals surface area contributed by atoms with Gasteiger partial charge in [-0.3, -0.25) is 4.79 Å². The summed E-state index contributed by atoms with van der Waals surface area (Å²) in [6, 6.07) is 0. The number of amides is 1. The Hall–Kier alpha value is -0.570. The van der Waals surface area contributed by atoms with E-state index in [1.165, 1.54) is 0 Å². The minimum Gasteiger partial charge on any atom is -0.368 e. The number of unbranched alkanes of at least 4 members (excludes halogenated alkanes) is 1. The van der Waals surface area contributed by atoms with Crippen LogP contribution in [0.2, 0.25) is 0 Å². The van der Waals surface area contributed by atoms with Crippen LogP contribution in [0.5, 0.6) is 0 Å². The maximum atomic E-state index is 11.7. The molecule has 3 nitrogen and oxygen atoms in total. The Bertz CT molecular complexity index is 182. The van der Waals surface area contributed by atoms with E-state index in [0.29, 0.717) is 0 Å². The molecule has 14 heavy (non-hydrogen) atoms. The Labute approximate surface area is 86.4 Å². The number of ether oxygens (including phenoxy) is 1. The highest BCUT2D eigenvalue weighted by atomic mass is 16.5. The maximum Gasteiger partial charge on any atom is 0.251 e. The van der Waals surface area contributed by atoms with Crippen molar-refractivity contribution in [2.45, 2.75) is 45.6 Å². The average Bonchev–Trinajstić information content (AvgIpc) is 2.51. The predicted molar refractivity (Wildman–Crippen MR) is 56.1 cm³/mol. The molecule has 1 unspecified atom stereocenters. The summed E-state index contributed by atoms with van der Waals surface area (Å²) in [5.41, 5.74) is 0. The van der Waals surface area contributed by atoms with E-state index in [1.807, 2.05) is 4.90 Å². The van der Waals surface area contributed by atoms with Gasteiger partial charge in [-0.15, -0.1) is 0 Å². The van der Waals surface area contributed by atoms with Crippen molar-refractivity contribution < 1.29 is 9.53 Å². The first-order valence-electron chi connectivity index (χ1n) is 5.70. The number of carbonyl (C=O) groups excluding carboxylic acids is 1. The molecule has 0 aromatic rings. The van der Waals surface area contributed by atoms with Gasteiger partial charge in [0.05, 0.1) is 0 Å². The van der Waals surface area contributed by atoms with Gasteiger partial charge < -0.3 is 9.64 Å². The van der Waals surface area contributed by atoms with Gasteiger partial charge in [0.25, 0.3) is 5.91 Å². The lowest BCUT2D eigenvalue weighted by Crippen LogP contribution is -2.31. The number of nitrogens with zero attached hydrogens (tertiary/aromatic N) is 1. The molecule has 1 aliphatic rings. The van der Waals surface area contributed by atoms with Gasteiger partial charge in [-0.05, 0) is 12.8 Å². The van der Waals surface area contributed by atoms with Gasteiger partial charge in [0, 0.05) is 26.1 Å². The van der Waals surface area contributed by atoms with Gasteiger partial charge >= 0.3 is 0 Å². The topological polar surface area (TPSA) is 29.5 Å². The number of hydrogen-bond acceptors (Lipinski definition) is 2. The molecule has 1 saturated heterocycles. The van der Waals surface area contributed by atoms with E-state index in [-0.39, 0.29) is 12.0 Å². The van der Waals surface area contributed by atoms with Crippen LogP contribution >= 0.6 is 0 Å². The van der Waals surface area contributed by atoms with Gasteiger partial charge in [0.1, 0.15) is 6.10 Å². The molecular formula is C11H21NO2. The fraction of sp³-hybridized carbons (Fsp3) is 0.909. The summed E-state index contributed by atoms with van der Waals surface area (Å²) >= 11 is 0. The first-order valence-corrected chi connectivity index (χ1v) is 5.70. The molecule has 1 heterocycles. The zero-order valence-electron chi connectivity index (χ0n) is 9.29. The molecule has 0 bridgehead atoms. The summed E-state index contributed by atoms with van der Waals surface area (Å²) in [5, 5.41) is 0. The first kappa shape index (κ1) is 11.5. The van der Waals surface area contributed by atoms with E-state index in [9.17, 15) is 4.79 Å². The highest BCUT2D eigenvalue weighted by Gasteiger charge is 2.31. The van der Waals surface area contributed by atoms with Crippen LogP contribution in [-0.2, 0) is 9.53 Å². The molecule has 0 spiro atoms. The van der Waals surface area contributed by atoms with E-state index < -0.39 is 0 Å². The van der Waals surface area contributed by atoms with Gasteiger partial charge in [-0.25, -0.2) is 0 Å². The molecule has 82 valence electrons. The van der Waals surface area contributed by atoms with Crippen LogP contribution in [0.25, 0.3) is 0 Å². The third-order valence-corrected chi connectivity index (χ3v) is 2.56. The molecule has 3 heteroatoms. The second kappa shape index (κ2) is 6.02. The minimum atomic E-state index is -0.145. The van der Waals surface area contributed by atoms with Gasteiger partial charge in [0.15, 0.2) is 0 Å². The highest BCUT2D eigenvalue weighted by molar-refractivity contribution is 5.82. The van der Waals surface area contributed by atoms with Crippen molar-refractivity contribution in [3.8, 4) is 0 Å². The van der Waals surface area contributed by atoms with E-state index in [1.54, 1.807) is 0 Å². The van der Waals surface area contributed by atoms with Crippen LogP contribution in [-0.4, -0.2) is 36.6 Å². The summed E-state index contributed by atoms with van der Waals surface area (Å²) in [7, 11) is 0. The summed E-state index contributed by atoms with van der Waals surface area (Å²) < 4.78 is 5.54. The lowest BCUT2D eigenvalue weighted by molar-refractivity contribution is -0.137. The van der Waals surface area contributed by atoms with Crippen LogP contribution in [0.4, 0.5) is 0 Å². The molecule has 1 rings (SSSR count). The van der Waals surface area contributed by atoms with Crippen molar-refractivity contribution in [3.63, 3.8) is 0 Å². The Balaban J connectivity index is 2.25. The largest absolute Gasteiger partial charge is 0.368 e. The molecule has 1 atom stereocenters. The second-order valence-electron chi connectivity index (χ2n) is 3.83. The molecule has 0 aromatic carbocycles. The third kappa shape index (κ3) is 2.98. The molecular weight excluding hydrogens is 178 g/mol. The predicted octanol–water partition coefficient (Wildman–Crippen LogP) is 1.81. The van der Waals surface area contributed by atoms with Crippen molar-refractivity contribution in [1.29, 1.82) is 0 Å². The summed E-state index contributed by atoms with van der Waals surface area (Å²) in [6.07, 6.45) is 3.95. The Morgan fingerprint density at radius 1 is 1.43 bits per heavy atom.